The molecule has 2 saturated carbocycles. The van der Waals surface area contributed by atoms with Crippen LogP contribution >= 0.6 is 0 Å². The van der Waals surface area contributed by atoms with Gasteiger partial charge in [-0.05, 0) is 67.8 Å². The molecule has 2 aliphatic carbocycles. The van der Waals surface area contributed by atoms with Crippen molar-refractivity contribution in [2.24, 2.45) is 23.2 Å². The summed E-state index contributed by atoms with van der Waals surface area (Å²) in [5.41, 5.74) is 3.28. The average Bonchev–Trinajstić information content (AvgIpc) is 2.37. The van der Waals surface area contributed by atoms with E-state index in [9.17, 15) is 5.11 Å². The third-order valence-electron chi connectivity index (χ3n) is 6.08. The van der Waals surface area contributed by atoms with Crippen molar-refractivity contribution in [3.05, 3.63) is 11.1 Å². The van der Waals surface area contributed by atoms with Crippen molar-refractivity contribution in [1.29, 1.82) is 0 Å². The molecule has 0 spiro atoms. The molecule has 0 aliphatic heterocycles. The lowest BCUT2D eigenvalue weighted by Gasteiger charge is -2.52. The number of fused-ring (bicyclic) bond motifs is 1. The van der Waals surface area contributed by atoms with Gasteiger partial charge in [-0.2, -0.15) is 0 Å². The summed E-state index contributed by atoms with van der Waals surface area (Å²) in [5.74, 6) is 2.69. The predicted molar refractivity (Wildman–Crippen MR) is 77.4 cm³/mol. The molecule has 0 saturated heterocycles. The van der Waals surface area contributed by atoms with E-state index < -0.39 is 0 Å². The lowest BCUT2D eigenvalue weighted by molar-refractivity contribution is -0.00318. The van der Waals surface area contributed by atoms with Gasteiger partial charge in [0.05, 0.1) is 6.61 Å². The Morgan fingerprint density at radius 3 is 2.61 bits per heavy atom. The van der Waals surface area contributed by atoms with Gasteiger partial charge in [-0.15, -0.1) is 0 Å². The van der Waals surface area contributed by atoms with E-state index in [1.54, 1.807) is 5.57 Å². The molecule has 0 amide bonds. The molecule has 2 fully saturated rings. The molecule has 104 valence electrons. The minimum Gasteiger partial charge on any atom is -0.392 e. The van der Waals surface area contributed by atoms with Crippen LogP contribution in [-0.2, 0) is 0 Å². The van der Waals surface area contributed by atoms with Crippen LogP contribution in [0.3, 0.4) is 0 Å². The highest BCUT2D eigenvalue weighted by Crippen LogP contribution is 2.55. The molecule has 0 bridgehead atoms. The van der Waals surface area contributed by atoms with Gasteiger partial charge >= 0.3 is 0 Å². The van der Waals surface area contributed by atoms with Gasteiger partial charge < -0.3 is 5.11 Å². The number of aliphatic hydroxyl groups is 1. The SMILES string of the molecule is CCC1CCC2CC/C(=C(\C)CO)CC2C1(C)C. The number of hydrogen-bond donors (Lipinski definition) is 1. The van der Waals surface area contributed by atoms with E-state index in [2.05, 4.69) is 27.7 Å². The zero-order valence-electron chi connectivity index (χ0n) is 12.6. The van der Waals surface area contributed by atoms with Crippen LogP contribution in [0.25, 0.3) is 0 Å². The summed E-state index contributed by atoms with van der Waals surface area (Å²) in [6, 6.07) is 0. The Hall–Kier alpha value is -0.300. The third-order valence-corrected chi connectivity index (χ3v) is 6.08. The first-order chi connectivity index (χ1) is 8.50. The van der Waals surface area contributed by atoms with Crippen molar-refractivity contribution in [3.8, 4) is 0 Å². The van der Waals surface area contributed by atoms with Gasteiger partial charge in [0.1, 0.15) is 0 Å². The minimum atomic E-state index is 0.254. The van der Waals surface area contributed by atoms with Gasteiger partial charge in [-0.1, -0.05) is 32.8 Å². The number of rotatable bonds is 2. The normalized spacial score (nSPS) is 38.2. The van der Waals surface area contributed by atoms with Gasteiger partial charge in [-0.25, -0.2) is 0 Å². The van der Waals surface area contributed by atoms with Crippen molar-refractivity contribution in [1.82, 2.24) is 0 Å². The first-order valence-electron chi connectivity index (χ1n) is 7.79. The fourth-order valence-corrected chi connectivity index (χ4v) is 4.63. The number of aliphatic hydroxyl groups excluding tert-OH is 1. The molecule has 1 heteroatoms. The molecule has 0 heterocycles. The molecule has 1 nitrogen and oxygen atoms in total. The van der Waals surface area contributed by atoms with E-state index in [0.717, 1.165) is 17.8 Å². The van der Waals surface area contributed by atoms with E-state index in [-0.39, 0.29) is 6.61 Å². The Morgan fingerprint density at radius 2 is 2.00 bits per heavy atom. The standard InChI is InChI=1S/C17H30O/c1-5-15-9-8-13-6-7-14(12(2)11-18)10-16(13)17(15,3)4/h13,15-16,18H,5-11H2,1-4H3/b14-12-. The first-order valence-corrected chi connectivity index (χ1v) is 7.79. The zero-order valence-corrected chi connectivity index (χ0v) is 12.6. The Labute approximate surface area is 113 Å². The summed E-state index contributed by atoms with van der Waals surface area (Å²) >= 11 is 0. The Morgan fingerprint density at radius 1 is 1.28 bits per heavy atom. The predicted octanol–water partition coefficient (Wildman–Crippen LogP) is 4.56. The van der Waals surface area contributed by atoms with Crippen molar-refractivity contribution in [2.45, 2.75) is 66.2 Å². The van der Waals surface area contributed by atoms with Crippen LogP contribution in [-0.4, -0.2) is 11.7 Å². The second-order valence-electron chi connectivity index (χ2n) is 7.16. The lowest BCUT2D eigenvalue weighted by Crippen LogP contribution is -2.43. The largest absolute Gasteiger partial charge is 0.392 e. The van der Waals surface area contributed by atoms with E-state index in [1.165, 1.54) is 44.1 Å². The highest BCUT2D eigenvalue weighted by molar-refractivity contribution is 5.17. The third kappa shape index (κ3) is 2.39. The van der Waals surface area contributed by atoms with Crippen molar-refractivity contribution in [3.63, 3.8) is 0 Å². The first kappa shape index (κ1) is 14.1. The molecule has 1 N–H and O–H groups in total. The Balaban J connectivity index is 2.20. The summed E-state index contributed by atoms with van der Waals surface area (Å²) in [6.07, 6.45) is 8.05. The molecule has 0 aromatic rings. The van der Waals surface area contributed by atoms with E-state index in [1.807, 2.05) is 0 Å². The van der Waals surface area contributed by atoms with Gasteiger partial charge in [0.2, 0.25) is 0 Å². The Bertz CT molecular complexity index is 327. The topological polar surface area (TPSA) is 20.2 Å². The smallest absolute Gasteiger partial charge is 0.0641 e. The average molecular weight is 250 g/mol. The van der Waals surface area contributed by atoms with Crippen LogP contribution < -0.4 is 0 Å². The number of allylic oxidation sites excluding steroid dienone is 1. The van der Waals surface area contributed by atoms with Crippen molar-refractivity contribution >= 4 is 0 Å². The van der Waals surface area contributed by atoms with E-state index in [4.69, 9.17) is 0 Å². The molecule has 3 unspecified atom stereocenters. The fraction of sp³-hybridized carbons (Fsp3) is 0.882. The second-order valence-corrected chi connectivity index (χ2v) is 7.16. The quantitative estimate of drug-likeness (QED) is 0.712. The summed E-state index contributed by atoms with van der Waals surface area (Å²) in [6.45, 7) is 9.71. The number of hydrogen-bond acceptors (Lipinski definition) is 1. The zero-order chi connectivity index (χ0) is 13.3. The molecule has 0 aromatic heterocycles. The lowest BCUT2D eigenvalue weighted by atomic mass is 9.53. The van der Waals surface area contributed by atoms with Crippen LogP contribution in [0.15, 0.2) is 11.1 Å². The van der Waals surface area contributed by atoms with Crippen molar-refractivity contribution in [2.75, 3.05) is 6.61 Å². The molecule has 3 atom stereocenters. The summed E-state index contributed by atoms with van der Waals surface area (Å²) in [5, 5.41) is 9.35. The monoisotopic (exact) mass is 250 g/mol. The molecule has 18 heavy (non-hydrogen) atoms. The van der Waals surface area contributed by atoms with Crippen LogP contribution in [0.1, 0.15) is 66.2 Å². The molecular weight excluding hydrogens is 220 g/mol. The summed E-state index contributed by atoms with van der Waals surface area (Å²) < 4.78 is 0. The Kier molecular flexibility index (Phi) is 4.21. The summed E-state index contributed by atoms with van der Waals surface area (Å²) in [7, 11) is 0. The molecule has 2 aliphatic rings. The van der Waals surface area contributed by atoms with Gasteiger partial charge in [0, 0.05) is 0 Å². The van der Waals surface area contributed by atoms with Crippen molar-refractivity contribution < 1.29 is 5.11 Å². The fourth-order valence-electron chi connectivity index (χ4n) is 4.63. The van der Waals surface area contributed by atoms with Crippen LogP contribution in [0.4, 0.5) is 0 Å². The van der Waals surface area contributed by atoms with Crippen LogP contribution in [0.5, 0.6) is 0 Å². The minimum absolute atomic E-state index is 0.254. The molecule has 2 rings (SSSR count). The maximum absolute atomic E-state index is 9.35. The summed E-state index contributed by atoms with van der Waals surface area (Å²) in [4.78, 5) is 0. The van der Waals surface area contributed by atoms with Crippen LogP contribution in [0.2, 0.25) is 0 Å². The maximum atomic E-state index is 9.35. The highest BCUT2D eigenvalue weighted by Gasteiger charge is 2.45. The van der Waals surface area contributed by atoms with E-state index >= 15 is 0 Å². The van der Waals surface area contributed by atoms with E-state index in [0.29, 0.717) is 5.41 Å². The molecule has 0 aromatic carbocycles. The maximum Gasteiger partial charge on any atom is 0.0641 e. The van der Waals surface area contributed by atoms with Gasteiger partial charge in [-0.3, -0.25) is 0 Å². The molecular formula is C17H30O. The molecule has 0 radical (unpaired) electrons. The van der Waals surface area contributed by atoms with Gasteiger partial charge in [0.15, 0.2) is 0 Å². The second kappa shape index (κ2) is 5.36. The highest BCUT2D eigenvalue weighted by atomic mass is 16.3. The van der Waals surface area contributed by atoms with Gasteiger partial charge in [0.25, 0.3) is 0 Å². The van der Waals surface area contributed by atoms with Crippen LogP contribution in [0, 0.1) is 23.2 Å².